The van der Waals surface area contributed by atoms with E-state index in [1.54, 1.807) is 12.4 Å². The van der Waals surface area contributed by atoms with Gasteiger partial charge in [0, 0.05) is 35.9 Å². The number of aromatic nitrogens is 1. The summed E-state index contributed by atoms with van der Waals surface area (Å²) >= 11 is 5.89. The van der Waals surface area contributed by atoms with E-state index in [0.29, 0.717) is 30.7 Å². The number of halogens is 1. The van der Waals surface area contributed by atoms with E-state index in [9.17, 15) is 18.0 Å². The minimum Gasteiger partial charge on any atom is -0.469 e. The molecule has 200 valence electrons. The van der Waals surface area contributed by atoms with Crippen LogP contribution in [-0.2, 0) is 30.8 Å². The summed E-state index contributed by atoms with van der Waals surface area (Å²) in [6.07, 6.45) is 7.62. The second-order valence-electron chi connectivity index (χ2n) is 8.53. The van der Waals surface area contributed by atoms with Crippen molar-refractivity contribution >= 4 is 39.1 Å². The van der Waals surface area contributed by atoms with E-state index in [2.05, 4.69) is 11.1 Å². The molecule has 3 rings (SSSR count). The van der Waals surface area contributed by atoms with E-state index in [4.69, 9.17) is 22.1 Å². The van der Waals surface area contributed by atoms with E-state index >= 15 is 0 Å². The predicted molar refractivity (Wildman–Crippen MR) is 147 cm³/mol. The number of hydrogen-bond acceptors (Lipinski definition) is 6. The summed E-state index contributed by atoms with van der Waals surface area (Å²) in [5.74, 6) is -0.981. The first kappa shape index (κ1) is 29.0. The quantitative estimate of drug-likeness (QED) is 0.249. The van der Waals surface area contributed by atoms with Crippen molar-refractivity contribution in [2.24, 2.45) is 5.73 Å². The smallest absolute Gasteiger partial charge is 0.305 e. The maximum atomic E-state index is 13.1. The summed E-state index contributed by atoms with van der Waals surface area (Å²) in [7, 11) is -2.56. The molecule has 1 aromatic heterocycles. The van der Waals surface area contributed by atoms with Gasteiger partial charge in [-0.2, -0.15) is 4.31 Å². The highest BCUT2D eigenvalue weighted by Gasteiger charge is 2.25. The van der Waals surface area contributed by atoms with Gasteiger partial charge in [-0.05, 0) is 66.3 Å². The molecule has 0 saturated heterocycles. The number of pyridine rings is 1. The molecule has 0 atom stereocenters. The van der Waals surface area contributed by atoms with Gasteiger partial charge in [0.15, 0.2) is 0 Å². The Bertz CT molecular complexity index is 1360. The van der Waals surface area contributed by atoms with Gasteiger partial charge in [-0.25, -0.2) is 8.42 Å². The third-order valence-electron chi connectivity index (χ3n) is 5.83. The number of rotatable bonds is 13. The Labute approximate surface area is 228 Å². The molecule has 0 radical (unpaired) electrons. The van der Waals surface area contributed by atoms with Crippen LogP contribution in [0.2, 0.25) is 5.02 Å². The van der Waals surface area contributed by atoms with E-state index in [1.165, 1.54) is 31.4 Å². The number of ether oxygens (including phenoxy) is 1. The summed E-state index contributed by atoms with van der Waals surface area (Å²) in [5, 5.41) is 0.411. The number of hydrogen-bond donors (Lipinski definition) is 1. The molecular formula is C28H30ClN3O5S. The molecule has 0 fully saturated rings. The zero-order valence-corrected chi connectivity index (χ0v) is 22.6. The lowest BCUT2D eigenvalue weighted by Crippen LogP contribution is -2.39. The van der Waals surface area contributed by atoms with Gasteiger partial charge in [-0.1, -0.05) is 48.0 Å². The number of unbranched alkanes of at least 4 members (excludes halogenated alkanes) is 1. The first-order chi connectivity index (χ1) is 18.2. The molecule has 0 spiro atoms. The maximum Gasteiger partial charge on any atom is 0.305 e. The monoisotopic (exact) mass is 555 g/mol. The molecule has 1 heterocycles. The van der Waals surface area contributed by atoms with Crippen LogP contribution in [0, 0.1) is 0 Å². The van der Waals surface area contributed by atoms with Crippen molar-refractivity contribution in [3.05, 3.63) is 101 Å². The highest BCUT2D eigenvalue weighted by atomic mass is 35.5. The lowest BCUT2D eigenvalue weighted by atomic mass is 9.96. The average Bonchev–Trinajstić information content (AvgIpc) is 2.91. The predicted octanol–water partition coefficient (Wildman–Crippen LogP) is 4.23. The summed E-state index contributed by atoms with van der Waals surface area (Å²) in [5.41, 5.74) is 9.12. The zero-order valence-electron chi connectivity index (χ0n) is 21.0. The fraction of sp³-hybridized carbons (Fsp3) is 0.250. The second kappa shape index (κ2) is 13.9. The Kier molecular flexibility index (Phi) is 10.6. The Morgan fingerprint density at radius 1 is 1.05 bits per heavy atom. The average molecular weight is 556 g/mol. The SMILES string of the molecule is COC(=O)CCC/C=C(\c1ccc(CCN(CC(N)=O)S(=O)(=O)c2ccc(Cl)cc2)cc1)c1cccnc1. The maximum absolute atomic E-state index is 13.1. The number of esters is 1. The molecule has 2 aromatic carbocycles. The molecule has 0 aliphatic rings. The molecular weight excluding hydrogens is 526 g/mol. The van der Waals surface area contributed by atoms with E-state index in [0.717, 1.165) is 26.6 Å². The fourth-order valence-electron chi connectivity index (χ4n) is 3.84. The molecule has 0 aliphatic carbocycles. The van der Waals surface area contributed by atoms with Crippen LogP contribution in [-0.4, -0.2) is 49.8 Å². The summed E-state index contributed by atoms with van der Waals surface area (Å²) in [6.45, 7) is -0.353. The van der Waals surface area contributed by atoms with Crippen LogP contribution in [0.15, 0.2) is 84.0 Å². The van der Waals surface area contributed by atoms with Crippen molar-refractivity contribution in [3.63, 3.8) is 0 Å². The zero-order chi connectivity index (χ0) is 27.5. The number of nitrogens with two attached hydrogens (primary N) is 1. The number of methoxy groups -OCH3 is 1. The van der Waals surface area contributed by atoms with Crippen molar-refractivity contribution in [3.8, 4) is 0 Å². The molecule has 3 aromatic rings. The molecule has 2 N–H and O–H groups in total. The molecule has 0 aliphatic heterocycles. The van der Waals surface area contributed by atoms with Crippen LogP contribution in [0.25, 0.3) is 5.57 Å². The van der Waals surface area contributed by atoms with Crippen molar-refractivity contribution in [1.29, 1.82) is 0 Å². The second-order valence-corrected chi connectivity index (χ2v) is 10.9. The number of carbonyl (C=O) groups is 2. The minimum absolute atomic E-state index is 0.0388. The highest BCUT2D eigenvalue weighted by molar-refractivity contribution is 7.89. The van der Waals surface area contributed by atoms with Crippen molar-refractivity contribution < 1.29 is 22.7 Å². The van der Waals surface area contributed by atoms with Gasteiger partial charge in [0.2, 0.25) is 15.9 Å². The number of nitrogens with zero attached hydrogens (tertiary/aromatic N) is 2. The number of benzene rings is 2. The molecule has 8 nitrogen and oxygen atoms in total. The third kappa shape index (κ3) is 8.24. The third-order valence-corrected chi connectivity index (χ3v) is 7.94. The van der Waals surface area contributed by atoms with Gasteiger partial charge in [-0.3, -0.25) is 14.6 Å². The lowest BCUT2D eigenvalue weighted by Gasteiger charge is -2.21. The van der Waals surface area contributed by atoms with Crippen LogP contribution >= 0.6 is 11.6 Å². The number of allylic oxidation sites excluding steroid dienone is 1. The molecule has 0 bridgehead atoms. The normalized spacial score (nSPS) is 11.9. The van der Waals surface area contributed by atoms with Crippen LogP contribution in [0.5, 0.6) is 0 Å². The van der Waals surface area contributed by atoms with E-state index in [1.807, 2.05) is 36.4 Å². The van der Waals surface area contributed by atoms with Gasteiger partial charge in [0.1, 0.15) is 0 Å². The van der Waals surface area contributed by atoms with E-state index < -0.39 is 22.5 Å². The Hall–Kier alpha value is -3.53. The van der Waals surface area contributed by atoms with Gasteiger partial charge < -0.3 is 10.5 Å². The van der Waals surface area contributed by atoms with Gasteiger partial charge >= 0.3 is 5.97 Å². The van der Waals surface area contributed by atoms with E-state index in [-0.39, 0.29) is 17.4 Å². The summed E-state index contributed by atoms with van der Waals surface area (Å²) < 4.78 is 32.0. The molecule has 0 unspecified atom stereocenters. The largest absolute Gasteiger partial charge is 0.469 e. The van der Waals surface area contributed by atoms with Gasteiger partial charge in [0.05, 0.1) is 18.6 Å². The summed E-state index contributed by atoms with van der Waals surface area (Å²) in [6, 6.07) is 17.4. The topological polar surface area (TPSA) is 120 Å². The van der Waals surface area contributed by atoms with Crippen LogP contribution < -0.4 is 5.73 Å². The molecule has 1 amide bonds. The van der Waals surface area contributed by atoms with Crippen molar-refractivity contribution in [1.82, 2.24) is 9.29 Å². The van der Waals surface area contributed by atoms with Gasteiger partial charge in [-0.15, -0.1) is 0 Å². The molecule has 38 heavy (non-hydrogen) atoms. The highest BCUT2D eigenvalue weighted by Crippen LogP contribution is 2.25. The summed E-state index contributed by atoms with van der Waals surface area (Å²) in [4.78, 5) is 27.3. The standard InChI is InChI=1S/C28H30ClN3O5S/c1-37-28(34)7-3-2-6-26(23-5-4-17-31-19-23)22-10-8-21(9-11-22)16-18-32(20-27(30)33)38(35,36)25-14-12-24(29)13-15-25/h4-6,8-15,17,19H,2-3,7,16,18,20H2,1H3,(H2,30,33)/b26-6+. The van der Waals surface area contributed by atoms with Crippen molar-refractivity contribution in [2.45, 2.75) is 30.6 Å². The minimum atomic E-state index is -3.94. The fourth-order valence-corrected chi connectivity index (χ4v) is 5.37. The number of carbonyl (C=O) groups excluding carboxylic acids is 2. The number of primary amides is 1. The number of amides is 1. The van der Waals surface area contributed by atoms with Crippen LogP contribution in [0.1, 0.15) is 36.0 Å². The van der Waals surface area contributed by atoms with Crippen molar-refractivity contribution in [2.75, 3.05) is 20.2 Å². The van der Waals surface area contributed by atoms with Gasteiger partial charge in [0.25, 0.3) is 0 Å². The Morgan fingerprint density at radius 3 is 2.37 bits per heavy atom. The Morgan fingerprint density at radius 2 is 1.76 bits per heavy atom. The van der Waals surface area contributed by atoms with Crippen LogP contribution in [0.3, 0.4) is 0 Å². The molecule has 0 saturated carbocycles. The number of sulfonamides is 1. The van der Waals surface area contributed by atoms with Crippen LogP contribution in [0.4, 0.5) is 0 Å². The first-order valence-electron chi connectivity index (χ1n) is 12.0. The lowest BCUT2D eigenvalue weighted by molar-refractivity contribution is -0.140. The first-order valence-corrected chi connectivity index (χ1v) is 13.8. The molecule has 10 heteroatoms. The Balaban J connectivity index is 1.76.